The largest absolute Gasteiger partial charge is 0.0590 e. The van der Waals surface area contributed by atoms with Crippen molar-refractivity contribution >= 4 is 0 Å². The van der Waals surface area contributed by atoms with Crippen molar-refractivity contribution in [2.24, 2.45) is 0 Å². The van der Waals surface area contributed by atoms with Gasteiger partial charge in [-0.1, -0.05) is 35.9 Å². The molecule has 2 aromatic carbocycles. The summed E-state index contributed by atoms with van der Waals surface area (Å²) in [5.74, 6) is 0. The molecule has 16 heavy (non-hydrogen) atoms. The molecule has 0 saturated heterocycles. The summed E-state index contributed by atoms with van der Waals surface area (Å²) in [6.45, 7) is 6.61. The van der Waals surface area contributed by atoms with E-state index < -0.39 is 0 Å². The summed E-state index contributed by atoms with van der Waals surface area (Å²) in [5, 5.41) is 0. The fourth-order valence-corrected chi connectivity index (χ4v) is 2.74. The third-order valence-corrected chi connectivity index (χ3v) is 3.66. The van der Waals surface area contributed by atoms with Gasteiger partial charge in [-0.3, -0.25) is 0 Å². The van der Waals surface area contributed by atoms with Crippen LogP contribution in [0.4, 0.5) is 0 Å². The second-order valence-electron chi connectivity index (χ2n) is 4.89. The van der Waals surface area contributed by atoms with Crippen LogP contribution >= 0.6 is 0 Å². The van der Waals surface area contributed by atoms with Crippen LogP contribution in [0, 0.1) is 20.8 Å². The SMILES string of the molecule is Cc1ccc2c(c1)-c1c(C)ccc(C)c1C2. The molecule has 0 nitrogen and oxygen atoms in total. The normalized spacial score (nSPS) is 12.4. The lowest BCUT2D eigenvalue weighted by atomic mass is 9.97. The number of fused-ring (bicyclic) bond motifs is 3. The maximum absolute atomic E-state index is 2.33. The van der Waals surface area contributed by atoms with E-state index in [4.69, 9.17) is 0 Å². The molecule has 1 aliphatic rings. The average molecular weight is 208 g/mol. The van der Waals surface area contributed by atoms with Gasteiger partial charge in [0.15, 0.2) is 0 Å². The Labute approximate surface area is 96.9 Å². The maximum atomic E-state index is 2.33. The molecule has 2 aromatic rings. The van der Waals surface area contributed by atoms with Gasteiger partial charge in [0.2, 0.25) is 0 Å². The number of hydrogen-bond acceptors (Lipinski definition) is 0. The van der Waals surface area contributed by atoms with Gasteiger partial charge in [-0.2, -0.15) is 0 Å². The first-order valence-electron chi connectivity index (χ1n) is 5.86. The van der Waals surface area contributed by atoms with Crippen molar-refractivity contribution in [1.29, 1.82) is 0 Å². The lowest BCUT2D eigenvalue weighted by Crippen LogP contribution is -1.88. The maximum Gasteiger partial charge on any atom is -0.00107 e. The lowest BCUT2D eigenvalue weighted by molar-refractivity contribution is 1.21. The molecule has 0 saturated carbocycles. The second kappa shape index (κ2) is 3.21. The Bertz CT molecular complexity index is 577. The van der Waals surface area contributed by atoms with Crippen molar-refractivity contribution in [3.8, 4) is 11.1 Å². The Kier molecular flexibility index (Phi) is 1.94. The van der Waals surface area contributed by atoms with Gasteiger partial charge >= 0.3 is 0 Å². The first kappa shape index (κ1) is 9.65. The number of rotatable bonds is 0. The minimum absolute atomic E-state index is 1.11. The molecule has 0 heterocycles. The molecule has 0 amide bonds. The highest BCUT2D eigenvalue weighted by atomic mass is 14.2. The summed E-state index contributed by atoms with van der Waals surface area (Å²) >= 11 is 0. The van der Waals surface area contributed by atoms with E-state index in [0.717, 1.165) is 6.42 Å². The van der Waals surface area contributed by atoms with Crippen LogP contribution in [0.25, 0.3) is 11.1 Å². The summed E-state index contributed by atoms with van der Waals surface area (Å²) in [6, 6.07) is 11.3. The van der Waals surface area contributed by atoms with Crippen LogP contribution in [0.3, 0.4) is 0 Å². The second-order valence-corrected chi connectivity index (χ2v) is 4.89. The zero-order valence-electron chi connectivity index (χ0n) is 10.1. The number of benzene rings is 2. The van der Waals surface area contributed by atoms with Crippen LogP contribution in [0.15, 0.2) is 30.3 Å². The minimum atomic E-state index is 1.11. The molecular weight excluding hydrogens is 192 g/mol. The van der Waals surface area contributed by atoms with Gasteiger partial charge < -0.3 is 0 Å². The first-order valence-corrected chi connectivity index (χ1v) is 5.86. The van der Waals surface area contributed by atoms with Gasteiger partial charge in [-0.25, -0.2) is 0 Å². The van der Waals surface area contributed by atoms with Crippen molar-refractivity contribution < 1.29 is 0 Å². The van der Waals surface area contributed by atoms with Crippen LogP contribution in [-0.2, 0) is 6.42 Å². The van der Waals surface area contributed by atoms with Crippen molar-refractivity contribution in [3.63, 3.8) is 0 Å². The molecule has 0 radical (unpaired) electrons. The fraction of sp³-hybridized carbons (Fsp3) is 0.250. The Balaban J connectivity index is 2.35. The third kappa shape index (κ3) is 1.23. The van der Waals surface area contributed by atoms with Gasteiger partial charge in [0.05, 0.1) is 0 Å². The predicted octanol–water partition coefficient (Wildman–Crippen LogP) is 4.18. The van der Waals surface area contributed by atoms with Crippen LogP contribution in [-0.4, -0.2) is 0 Å². The Hall–Kier alpha value is -1.56. The van der Waals surface area contributed by atoms with Crippen molar-refractivity contribution in [1.82, 2.24) is 0 Å². The zero-order chi connectivity index (χ0) is 11.3. The highest BCUT2D eigenvalue weighted by molar-refractivity contribution is 5.80. The molecule has 0 N–H and O–H groups in total. The quantitative estimate of drug-likeness (QED) is 0.520. The highest BCUT2D eigenvalue weighted by Gasteiger charge is 2.21. The van der Waals surface area contributed by atoms with Crippen LogP contribution in [0.2, 0.25) is 0 Å². The van der Waals surface area contributed by atoms with E-state index >= 15 is 0 Å². The molecule has 0 fully saturated rings. The molecule has 1 aliphatic carbocycles. The molecule has 3 rings (SSSR count). The standard InChI is InChI=1S/C16H16/c1-10-4-7-13-9-14-11(2)5-6-12(3)16(14)15(13)8-10/h4-8H,9H2,1-3H3. The molecule has 0 atom stereocenters. The zero-order valence-corrected chi connectivity index (χ0v) is 10.1. The van der Waals surface area contributed by atoms with Crippen molar-refractivity contribution in [2.75, 3.05) is 0 Å². The fourth-order valence-electron chi connectivity index (χ4n) is 2.74. The third-order valence-electron chi connectivity index (χ3n) is 3.66. The van der Waals surface area contributed by atoms with Gasteiger partial charge in [0, 0.05) is 0 Å². The van der Waals surface area contributed by atoms with E-state index in [1.54, 1.807) is 0 Å². The van der Waals surface area contributed by atoms with E-state index in [-0.39, 0.29) is 0 Å². The topological polar surface area (TPSA) is 0 Å². The summed E-state index contributed by atoms with van der Waals surface area (Å²) in [4.78, 5) is 0. The summed E-state index contributed by atoms with van der Waals surface area (Å²) in [6.07, 6.45) is 1.11. The van der Waals surface area contributed by atoms with Crippen LogP contribution in [0.1, 0.15) is 27.8 Å². The van der Waals surface area contributed by atoms with Gasteiger partial charge in [0.25, 0.3) is 0 Å². The molecule has 0 aliphatic heterocycles. The number of hydrogen-bond donors (Lipinski definition) is 0. The Morgan fingerprint density at radius 3 is 2.44 bits per heavy atom. The first-order chi connectivity index (χ1) is 7.66. The Morgan fingerprint density at radius 2 is 1.62 bits per heavy atom. The summed E-state index contributed by atoms with van der Waals surface area (Å²) < 4.78 is 0. The smallest absolute Gasteiger partial charge is 0.00107 e. The van der Waals surface area contributed by atoms with Gasteiger partial charge in [-0.05, 0) is 60.6 Å². The monoisotopic (exact) mass is 208 g/mol. The van der Waals surface area contributed by atoms with E-state index in [9.17, 15) is 0 Å². The molecule has 0 bridgehead atoms. The van der Waals surface area contributed by atoms with E-state index in [0.29, 0.717) is 0 Å². The lowest BCUT2D eigenvalue weighted by Gasteiger charge is -2.08. The Morgan fingerprint density at radius 1 is 0.875 bits per heavy atom. The number of aryl methyl sites for hydroxylation is 3. The molecule has 0 aromatic heterocycles. The van der Waals surface area contributed by atoms with Gasteiger partial charge in [0.1, 0.15) is 0 Å². The molecule has 0 unspecified atom stereocenters. The van der Waals surface area contributed by atoms with E-state index in [1.807, 2.05) is 0 Å². The van der Waals surface area contributed by atoms with E-state index in [2.05, 4.69) is 51.1 Å². The van der Waals surface area contributed by atoms with E-state index in [1.165, 1.54) is 38.9 Å². The summed E-state index contributed by atoms with van der Waals surface area (Å²) in [5.41, 5.74) is 10.1. The molecular formula is C16H16. The van der Waals surface area contributed by atoms with Crippen molar-refractivity contribution in [2.45, 2.75) is 27.2 Å². The van der Waals surface area contributed by atoms with Crippen LogP contribution < -0.4 is 0 Å². The van der Waals surface area contributed by atoms with Gasteiger partial charge in [-0.15, -0.1) is 0 Å². The van der Waals surface area contributed by atoms with Crippen molar-refractivity contribution in [3.05, 3.63) is 58.1 Å². The highest BCUT2D eigenvalue weighted by Crippen LogP contribution is 2.40. The van der Waals surface area contributed by atoms with Crippen LogP contribution in [0.5, 0.6) is 0 Å². The predicted molar refractivity (Wildman–Crippen MR) is 68.9 cm³/mol. The molecule has 80 valence electrons. The molecule has 0 heteroatoms. The minimum Gasteiger partial charge on any atom is -0.0590 e. The summed E-state index contributed by atoms with van der Waals surface area (Å²) in [7, 11) is 0. The molecule has 0 spiro atoms. The average Bonchev–Trinajstić information content (AvgIpc) is 2.63.